The minimum absolute atomic E-state index is 0.0736. The van der Waals surface area contributed by atoms with Crippen LogP contribution in [-0.2, 0) is 9.59 Å². The molecule has 0 spiro atoms. The molecular formula is C10H10N2O3. The lowest BCUT2D eigenvalue weighted by atomic mass is 10.1. The van der Waals surface area contributed by atoms with Gasteiger partial charge >= 0.3 is 5.97 Å². The van der Waals surface area contributed by atoms with Gasteiger partial charge in [0.1, 0.15) is 0 Å². The summed E-state index contributed by atoms with van der Waals surface area (Å²) in [7, 11) is 0. The zero-order valence-corrected chi connectivity index (χ0v) is 7.96. The minimum atomic E-state index is -0.922. The van der Waals surface area contributed by atoms with Gasteiger partial charge < -0.3 is 10.0 Å². The van der Waals surface area contributed by atoms with E-state index in [1.807, 2.05) is 0 Å². The summed E-state index contributed by atoms with van der Waals surface area (Å²) in [6.07, 6.45) is 3.24. The Labute approximate surface area is 86.3 Å². The van der Waals surface area contributed by atoms with E-state index in [9.17, 15) is 9.59 Å². The third kappa shape index (κ3) is 1.81. The number of carbonyl (C=O) groups excluding carboxylic acids is 1. The Balaban J connectivity index is 2.19. The quantitative estimate of drug-likeness (QED) is 0.765. The van der Waals surface area contributed by atoms with Crippen LogP contribution in [0.1, 0.15) is 6.42 Å². The lowest BCUT2D eigenvalue weighted by molar-refractivity contribution is -0.141. The van der Waals surface area contributed by atoms with Crippen molar-refractivity contribution in [1.82, 2.24) is 4.98 Å². The smallest absolute Gasteiger partial charge is 0.308 e. The molecule has 1 aliphatic rings. The Morgan fingerprint density at radius 1 is 1.60 bits per heavy atom. The fourth-order valence-corrected chi connectivity index (χ4v) is 1.64. The standard InChI is InChI=1S/C10H10N2O3/c13-9-4-7(10(14)15)6-12(9)8-2-1-3-11-5-8/h1-3,5,7H,4,6H2,(H,14,15)/t7-/m0/s1. The van der Waals surface area contributed by atoms with E-state index in [0.717, 1.165) is 0 Å². The molecule has 1 atom stereocenters. The number of nitrogens with zero attached hydrogens (tertiary/aromatic N) is 2. The van der Waals surface area contributed by atoms with E-state index < -0.39 is 11.9 Å². The first kappa shape index (κ1) is 9.64. The van der Waals surface area contributed by atoms with Gasteiger partial charge in [0.2, 0.25) is 5.91 Å². The fourth-order valence-electron chi connectivity index (χ4n) is 1.64. The first-order valence-electron chi connectivity index (χ1n) is 4.61. The van der Waals surface area contributed by atoms with Crippen molar-refractivity contribution < 1.29 is 14.7 Å². The fraction of sp³-hybridized carbons (Fsp3) is 0.300. The highest BCUT2D eigenvalue weighted by atomic mass is 16.4. The van der Waals surface area contributed by atoms with Gasteiger partial charge in [-0.15, -0.1) is 0 Å². The van der Waals surface area contributed by atoms with Crippen LogP contribution in [0.2, 0.25) is 0 Å². The van der Waals surface area contributed by atoms with Crippen molar-refractivity contribution in [2.45, 2.75) is 6.42 Å². The van der Waals surface area contributed by atoms with Crippen molar-refractivity contribution in [2.75, 3.05) is 11.4 Å². The molecule has 5 heteroatoms. The van der Waals surface area contributed by atoms with Crippen LogP contribution in [0.5, 0.6) is 0 Å². The second-order valence-corrected chi connectivity index (χ2v) is 3.45. The van der Waals surface area contributed by atoms with Crippen LogP contribution in [0.15, 0.2) is 24.5 Å². The van der Waals surface area contributed by atoms with E-state index >= 15 is 0 Å². The number of hydrogen-bond acceptors (Lipinski definition) is 3. The molecule has 78 valence electrons. The Kier molecular flexibility index (Phi) is 2.37. The largest absolute Gasteiger partial charge is 0.481 e. The molecule has 1 amide bonds. The number of aliphatic carboxylic acids is 1. The molecule has 2 rings (SSSR count). The van der Waals surface area contributed by atoms with Crippen LogP contribution in [0, 0.1) is 5.92 Å². The highest BCUT2D eigenvalue weighted by molar-refractivity contribution is 5.99. The molecule has 1 saturated heterocycles. The molecule has 15 heavy (non-hydrogen) atoms. The van der Waals surface area contributed by atoms with Gasteiger partial charge in [-0.2, -0.15) is 0 Å². The zero-order chi connectivity index (χ0) is 10.8. The van der Waals surface area contributed by atoms with E-state index in [1.165, 1.54) is 4.90 Å². The molecule has 1 aromatic heterocycles. The number of hydrogen-bond donors (Lipinski definition) is 1. The average molecular weight is 206 g/mol. The molecule has 5 nitrogen and oxygen atoms in total. The van der Waals surface area contributed by atoms with E-state index in [2.05, 4.69) is 4.98 Å². The van der Waals surface area contributed by atoms with Crippen LogP contribution >= 0.6 is 0 Å². The number of carbonyl (C=O) groups is 2. The highest BCUT2D eigenvalue weighted by Gasteiger charge is 2.34. The number of amides is 1. The lowest BCUT2D eigenvalue weighted by Gasteiger charge is -2.14. The van der Waals surface area contributed by atoms with Gasteiger partial charge in [-0.1, -0.05) is 0 Å². The van der Waals surface area contributed by atoms with Gasteiger partial charge in [-0.05, 0) is 12.1 Å². The predicted octanol–water partition coefficient (Wildman–Crippen LogP) is 0.519. The van der Waals surface area contributed by atoms with Crippen molar-refractivity contribution >= 4 is 17.6 Å². The van der Waals surface area contributed by atoms with Crippen molar-refractivity contribution in [3.8, 4) is 0 Å². The predicted molar refractivity (Wildman–Crippen MR) is 52.3 cm³/mol. The summed E-state index contributed by atoms with van der Waals surface area (Å²) >= 11 is 0. The Hall–Kier alpha value is -1.91. The van der Waals surface area contributed by atoms with Gasteiger partial charge in [0.05, 0.1) is 17.8 Å². The van der Waals surface area contributed by atoms with Crippen molar-refractivity contribution in [1.29, 1.82) is 0 Å². The van der Waals surface area contributed by atoms with E-state index in [1.54, 1.807) is 24.5 Å². The van der Waals surface area contributed by atoms with Gasteiger partial charge in [0.15, 0.2) is 0 Å². The van der Waals surface area contributed by atoms with Crippen molar-refractivity contribution in [3.63, 3.8) is 0 Å². The molecule has 0 unspecified atom stereocenters. The number of anilines is 1. The van der Waals surface area contributed by atoms with E-state index in [4.69, 9.17) is 5.11 Å². The molecule has 1 aromatic rings. The summed E-state index contributed by atoms with van der Waals surface area (Å²) in [6, 6.07) is 3.46. The van der Waals surface area contributed by atoms with Crippen LogP contribution in [-0.4, -0.2) is 28.5 Å². The molecule has 0 aromatic carbocycles. The third-order valence-corrected chi connectivity index (χ3v) is 2.43. The van der Waals surface area contributed by atoms with Crippen molar-refractivity contribution in [3.05, 3.63) is 24.5 Å². The zero-order valence-electron chi connectivity index (χ0n) is 7.96. The minimum Gasteiger partial charge on any atom is -0.481 e. The van der Waals surface area contributed by atoms with Gasteiger partial charge in [0, 0.05) is 19.2 Å². The molecular weight excluding hydrogens is 196 g/mol. The highest BCUT2D eigenvalue weighted by Crippen LogP contribution is 2.23. The molecule has 0 saturated carbocycles. The molecule has 1 N–H and O–H groups in total. The van der Waals surface area contributed by atoms with E-state index in [-0.39, 0.29) is 18.9 Å². The summed E-state index contributed by atoms with van der Waals surface area (Å²) in [5.74, 6) is -1.68. The van der Waals surface area contributed by atoms with Gasteiger partial charge in [0.25, 0.3) is 0 Å². The monoisotopic (exact) mass is 206 g/mol. The summed E-state index contributed by atoms with van der Waals surface area (Å²) in [4.78, 5) is 27.6. The second kappa shape index (κ2) is 3.68. The molecule has 1 aliphatic heterocycles. The first-order valence-corrected chi connectivity index (χ1v) is 4.61. The lowest BCUT2D eigenvalue weighted by Crippen LogP contribution is -2.25. The van der Waals surface area contributed by atoms with Crippen LogP contribution < -0.4 is 4.90 Å². The molecule has 2 heterocycles. The topological polar surface area (TPSA) is 70.5 Å². The normalized spacial score (nSPS) is 20.7. The number of carboxylic acids is 1. The Morgan fingerprint density at radius 2 is 2.40 bits per heavy atom. The number of aromatic nitrogens is 1. The first-order chi connectivity index (χ1) is 7.18. The van der Waals surface area contributed by atoms with Crippen LogP contribution in [0.3, 0.4) is 0 Å². The van der Waals surface area contributed by atoms with E-state index in [0.29, 0.717) is 5.69 Å². The maximum atomic E-state index is 11.5. The Bertz CT molecular complexity index is 391. The van der Waals surface area contributed by atoms with Gasteiger partial charge in [-0.25, -0.2) is 0 Å². The third-order valence-electron chi connectivity index (χ3n) is 2.43. The summed E-state index contributed by atoms with van der Waals surface area (Å²) < 4.78 is 0. The molecule has 0 aliphatic carbocycles. The summed E-state index contributed by atoms with van der Waals surface area (Å²) in [5.41, 5.74) is 0.659. The maximum Gasteiger partial charge on any atom is 0.308 e. The molecule has 0 radical (unpaired) electrons. The second-order valence-electron chi connectivity index (χ2n) is 3.45. The van der Waals surface area contributed by atoms with Crippen LogP contribution in [0.25, 0.3) is 0 Å². The number of rotatable bonds is 2. The van der Waals surface area contributed by atoms with Crippen molar-refractivity contribution in [2.24, 2.45) is 5.92 Å². The summed E-state index contributed by atoms with van der Waals surface area (Å²) in [5, 5.41) is 8.80. The number of carboxylic acid groups (broad SMARTS) is 1. The molecule has 0 bridgehead atoms. The van der Waals surface area contributed by atoms with Gasteiger partial charge in [-0.3, -0.25) is 14.6 Å². The maximum absolute atomic E-state index is 11.5. The Morgan fingerprint density at radius 3 is 2.93 bits per heavy atom. The number of pyridine rings is 1. The van der Waals surface area contributed by atoms with Crippen LogP contribution in [0.4, 0.5) is 5.69 Å². The average Bonchev–Trinajstić information content (AvgIpc) is 2.62. The summed E-state index contributed by atoms with van der Waals surface area (Å²) in [6.45, 7) is 0.236. The SMILES string of the molecule is O=C(O)[C@H]1CC(=O)N(c2cccnc2)C1. The molecule has 1 fully saturated rings.